The second-order valence-electron chi connectivity index (χ2n) is 7.22. The molecule has 0 radical (unpaired) electrons. The van der Waals surface area contributed by atoms with E-state index in [1.54, 1.807) is 13.2 Å². The van der Waals surface area contributed by atoms with Gasteiger partial charge in [0.2, 0.25) is 0 Å². The molecule has 1 fully saturated rings. The molecule has 29 heavy (non-hydrogen) atoms. The number of hydrogen-bond donors (Lipinski definition) is 1. The molecular weight excluding hydrogens is 386 g/mol. The lowest BCUT2D eigenvalue weighted by Crippen LogP contribution is -2.30. The van der Waals surface area contributed by atoms with Crippen LogP contribution in [0.1, 0.15) is 36.1 Å². The van der Waals surface area contributed by atoms with Crippen LogP contribution in [0.2, 0.25) is 5.02 Å². The summed E-state index contributed by atoms with van der Waals surface area (Å²) in [5.41, 5.74) is 9.01. The van der Waals surface area contributed by atoms with Crippen LogP contribution in [-0.4, -0.2) is 30.4 Å². The Balaban J connectivity index is 1.83. The maximum absolute atomic E-state index is 9.46. The Morgan fingerprint density at radius 1 is 1.17 bits per heavy atom. The van der Waals surface area contributed by atoms with Crippen molar-refractivity contribution in [2.75, 3.05) is 30.8 Å². The maximum atomic E-state index is 9.46. The first-order chi connectivity index (χ1) is 14.1. The van der Waals surface area contributed by atoms with Crippen LogP contribution in [0, 0.1) is 11.3 Å². The number of benzene rings is 2. The molecule has 0 aliphatic carbocycles. The van der Waals surface area contributed by atoms with Gasteiger partial charge < -0.3 is 15.4 Å². The summed E-state index contributed by atoms with van der Waals surface area (Å²) >= 11 is 6.28. The van der Waals surface area contributed by atoms with Gasteiger partial charge in [0, 0.05) is 30.3 Å². The van der Waals surface area contributed by atoms with Crippen LogP contribution in [0.4, 0.5) is 11.5 Å². The number of hydrogen-bond acceptors (Lipinski definition) is 6. The molecule has 1 aliphatic heterocycles. The predicted octanol–water partition coefficient (Wildman–Crippen LogP) is 4.33. The average Bonchev–Trinajstić information content (AvgIpc) is 2.75. The highest BCUT2D eigenvalue weighted by Gasteiger charge is 2.20. The van der Waals surface area contributed by atoms with Gasteiger partial charge in [0.05, 0.1) is 29.1 Å². The minimum absolute atomic E-state index is 0.448. The van der Waals surface area contributed by atoms with Gasteiger partial charge in [-0.05, 0) is 49.1 Å². The summed E-state index contributed by atoms with van der Waals surface area (Å²) in [6.07, 6.45) is 4.02. The fraction of sp³-hybridized carbons (Fsp3) is 0.318. The Hall–Kier alpha value is -3.04. The van der Waals surface area contributed by atoms with Crippen LogP contribution in [-0.2, 0) is 6.42 Å². The van der Waals surface area contributed by atoms with E-state index in [0.717, 1.165) is 53.8 Å². The minimum atomic E-state index is 0.448. The zero-order valence-electron chi connectivity index (χ0n) is 16.3. The lowest BCUT2D eigenvalue weighted by atomic mass is 9.99. The van der Waals surface area contributed by atoms with Crippen LogP contribution < -0.4 is 15.4 Å². The van der Waals surface area contributed by atoms with Crippen molar-refractivity contribution in [3.05, 3.63) is 52.2 Å². The molecule has 0 bridgehead atoms. The highest BCUT2D eigenvalue weighted by Crippen LogP contribution is 2.35. The van der Waals surface area contributed by atoms with Gasteiger partial charge in [-0.2, -0.15) is 10.4 Å². The second kappa shape index (κ2) is 8.14. The van der Waals surface area contributed by atoms with E-state index in [4.69, 9.17) is 22.1 Å². The monoisotopic (exact) mass is 407 g/mol. The number of fused-ring (bicyclic) bond motifs is 1. The van der Waals surface area contributed by atoms with Gasteiger partial charge in [-0.1, -0.05) is 17.7 Å². The summed E-state index contributed by atoms with van der Waals surface area (Å²) in [4.78, 5) is 2.26. The Bertz CT molecular complexity index is 1100. The molecular formula is C22H22ClN5O. The number of nitriles is 1. The lowest BCUT2D eigenvalue weighted by molar-refractivity contribution is 0.415. The van der Waals surface area contributed by atoms with Crippen molar-refractivity contribution in [3.8, 4) is 11.8 Å². The first kappa shape index (κ1) is 19.3. The molecule has 148 valence electrons. The molecule has 0 saturated carbocycles. The van der Waals surface area contributed by atoms with Crippen LogP contribution in [0.25, 0.3) is 10.8 Å². The zero-order chi connectivity index (χ0) is 20.4. The van der Waals surface area contributed by atoms with Gasteiger partial charge in [0.15, 0.2) is 5.82 Å². The van der Waals surface area contributed by atoms with Crippen LogP contribution >= 0.6 is 11.6 Å². The van der Waals surface area contributed by atoms with Gasteiger partial charge in [-0.3, -0.25) is 0 Å². The van der Waals surface area contributed by atoms with Gasteiger partial charge in [0.25, 0.3) is 0 Å². The van der Waals surface area contributed by atoms with Crippen molar-refractivity contribution < 1.29 is 4.74 Å². The number of ether oxygens (including phenoxy) is 1. The number of piperidine rings is 1. The Morgan fingerprint density at radius 3 is 2.66 bits per heavy atom. The lowest BCUT2D eigenvalue weighted by Gasteiger charge is -2.28. The first-order valence-corrected chi connectivity index (χ1v) is 10.1. The second-order valence-corrected chi connectivity index (χ2v) is 7.63. The Kier molecular flexibility index (Phi) is 5.41. The van der Waals surface area contributed by atoms with Gasteiger partial charge in [0.1, 0.15) is 11.8 Å². The quantitative estimate of drug-likeness (QED) is 0.647. The van der Waals surface area contributed by atoms with Crippen molar-refractivity contribution >= 4 is 33.9 Å². The highest BCUT2D eigenvalue weighted by atomic mass is 35.5. The fourth-order valence-corrected chi connectivity index (χ4v) is 4.18. The molecule has 2 N–H and O–H groups in total. The molecule has 0 atom stereocenters. The van der Waals surface area contributed by atoms with Crippen LogP contribution in [0.15, 0.2) is 30.3 Å². The van der Waals surface area contributed by atoms with E-state index in [1.807, 2.05) is 24.3 Å². The molecule has 0 amide bonds. The average molecular weight is 408 g/mol. The van der Waals surface area contributed by atoms with Crippen molar-refractivity contribution in [2.24, 2.45) is 0 Å². The number of anilines is 2. The van der Waals surface area contributed by atoms with Crippen molar-refractivity contribution in [1.82, 2.24) is 10.2 Å². The number of methoxy groups -OCH3 is 1. The third-order valence-corrected chi connectivity index (χ3v) is 5.70. The van der Waals surface area contributed by atoms with Crippen molar-refractivity contribution in [1.29, 1.82) is 5.26 Å². The minimum Gasteiger partial charge on any atom is -0.495 e. The van der Waals surface area contributed by atoms with Crippen molar-refractivity contribution in [3.63, 3.8) is 0 Å². The number of halogens is 1. The van der Waals surface area contributed by atoms with E-state index in [2.05, 4.69) is 21.2 Å². The number of rotatable bonds is 4. The maximum Gasteiger partial charge on any atom is 0.159 e. The molecule has 1 aromatic heterocycles. The first-order valence-electron chi connectivity index (χ1n) is 9.67. The third-order valence-electron chi connectivity index (χ3n) is 5.40. The molecule has 0 unspecified atom stereocenters. The Labute approximate surface area is 174 Å². The van der Waals surface area contributed by atoms with E-state index >= 15 is 0 Å². The third kappa shape index (κ3) is 3.66. The molecule has 3 aromatic rings. The fourth-order valence-electron chi connectivity index (χ4n) is 3.90. The van der Waals surface area contributed by atoms with E-state index in [9.17, 15) is 5.26 Å². The predicted molar refractivity (Wildman–Crippen MR) is 116 cm³/mol. The summed E-state index contributed by atoms with van der Waals surface area (Å²) in [5, 5.41) is 20.8. The standard InChI is InChI=1S/C22H22ClN5O/c1-29-19-8-5-14(11-17(19)23)12-18-20-16(7-6-15(13-24)21(20)25)22(27-26-18)28-9-3-2-4-10-28/h5-8,11H,2-4,9-10,12,25H2,1H3. The summed E-state index contributed by atoms with van der Waals surface area (Å²) in [5.74, 6) is 1.46. The summed E-state index contributed by atoms with van der Waals surface area (Å²) in [7, 11) is 1.59. The van der Waals surface area contributed by atoms with E-state index in [-0.39, 0.29) is 0 Å². The molecule has 1 saturated heterocycles. The normalized spacial score (nSPS) is 14.0. The number of nitrogen functional groups attached to an aromatic ring is 1. The molecule has 2 aromatic carbocycles. The van der Waals surface area contributed by atoms with E-state index in [1.165, 1.54) is 6.42 Å². The summed E-state index contributed by atoms with van der Waals surface area (Å²) < 4.78 is 5.23. The highest BCUT2D eigenvalue weighted by molar-refractivity contribution is 6.32. The van der Waals surface area contributed by atoms with Gasteiger partial charge in [-0.25, -0.2) is 0 Å². The number of aromatic nitrogens is 2. The van der Waals surface area contributed by atoms with E-state index in [0.29, 0.717) is 28.4 Å². The van der Waals surface area contributed by atoms with Gasteiger partial charge in [-0.15, -0.1) is 5.10 Å². The molecule has 6 nitrogen and oxygen atoms in total. The largest absolute Gasteiger partial charge is 0.495 e. The van der Waals surface area contributed by atoms with Crippen molar-refractivity contribution in [2.45, 2.75) is 25.7 Å². The molecule has 7 heteroatoms. The SMILES string of the molecule is COc1ccc(Cc2nnc(N3CCCCC3)c3ccc(C#N)c(N)c23)cc1Cl. The molecule has 1 aliphatic rings. The smallest absolute Gasteiger partial charge is 0.159 e. The Morgan fingerprint density at radius 2 is 1.97 bits per heavy atom. The molecule has 2 heterocycles. The zero-order valence-corrected chi connectivity index (χ0v) is 17.0. The van der Waals surface area contributed by atoms with E-state index < -0.39 is 0 Å². The summed E-state index contributed by atoms with van der Waals surface area (Å²) in [6, 6.07) is 11.5. The molecule has 0 spiro atoms. The van der Waals surface area contributed by atoms with Crippen LogP contribution in [0.3, 0.4) is 0 Å². The summed E-state index contributed by atoms with van der Waals surface area (Å²) in [6.45, 7) is 1.91. The van der Waals surface area contributed by atoms with Crippen LogP contribution in [0.5, 0.6) is 5.75 Å². The topological polar surface area (TPSA) is 88.1 Å². The van der Waals surface area contributed by atoms with Gasteiger partial charge >= 0.3 is 0 Å². The number of nitrogens with two attached hydrogens (primary N) is 1. The molecule has 4 rings (SSSR count). The number of nitrogens with zero attached hydrogens (tertiary/aromatic N) is 4.